The number of esters is 1. The monoisotopic (exact) mass is 544 g/mol. The number of carbonyl (C=O) groups is 5. The largest absolute Gasteiger partial charge is 0.465 e. The number of Topliss-reactive ketones (excluding diaryl/α,β-unsaturated/α-hetero) is 1. The van der Waals surface area contributed by atoms with Gasteiger partial charge in [-0.1, -0.05) is 13.8 Å². The van der Waals surface area contributed by atoms with Gasteiger partial charge in [-0.05, 0) is 94.3 Å². The maximum atomic E-state index is 13.4. The first-order chi connectivity index (χ1) is 18.5. The van der Waals surface area contributed by atoms with E-state index in [2.05, 4.69) is 12.2 Å². The van der Waals surface area contributed by atoms with E-state index in [4.69, 9.17) is 9.47 Å². The maximum absolute atomic E-state index is 13.4. The van der Waals surface area contributed by atoms with E-state index in [0.717, 1.165) is 30.6 Å². The number of hydrogen-bond donors (Lipinski definition) is 1. The number of ketones is 1. The fraction of sp³-hybridized carbons (Fsp3) is 0.833. The summed E-state index contributed by atoms with van der Waals surface area (Å²) in [4.78, 5) is 65.2. The molecule has 3 amide bonds. The number of ether oxygens (including phenoxy) is 2. The Kier molecular flexibility index (Phi) is 8.07. The Bertz CT molecular complexity index is 956. The lowest BCUT2D eigenvalue weighted by molar-refractivity contribution is -0.159. The van der Waals surface area contributed by atoms with E-state index in [1.807, 2.05) is 6.92 Å². The Hall–Kier alpha value is -2.45. The predicted molar refractivity (Wildman–Crippen MR) is 141 cm³/mol. The van der Waals surface area contributed by atoms with E-state index in [1.165, 1.54) is 19.3 Å². The number of piperidine rings is 1. The van der Waals surface area contributed by atoms with Crippen LogP contribution < -0.4 is 5.32 Å². The molecule has 39 heavy (non-hydrogen) atoms. The fourth-order valence-electron chi connectivity index (χ4n) is 8.94. The number of likely N-dealkylation sites (tertiary alicyclic amines) is 1. The highest BCUT2D eigenvalue weighted by Gasteiger charge is 2.52. The number of amides is 3. The van der Waals surface area contributed by atoms with Crippen molar-refractivity contribution in [3.63, 3.8) is 0 Å². The van der Waals surface area contributed by atoms with Crippen LogP contribution in [0.25, 0.3) is 0 Å². The molecule has 9 nitrogen and oxygen atoms in total. The van der Waals surface area contributed by atoms with Gasteiger partial charge in [-0.25, -0.2) is 4.79 Å². The first-order valence-corrected chi connectivity index (χ1v) is 15.1. The van der Waals surface area contributed by atoms with Gasteiger partial charge in [0.1, 0.15) is 18.4 Å². The van der Waals surface area contributed by atoms with Crippen molar-refractivity contribution in [2.75, 3.05) is 13.2 Å². The minimum Gasteiger partial charge on any atom is -0.465 e. The van der Waals surface area contributed by atoms with Crippen LogP contribution in [0.4, 0.5) is 4.79 Å². The Labute approximate surface area is 231 Å². The second-order valence-corrected chi connectivity index (χ2v) is 13.4. The predicted octanol–water partition coefficient (Wildman–Crippen LogP) is 4.02. The van der Waals surface area contributed by atoms with Gasteiger partial charge in [0, 0.05) is 24.3 Å². The molecule has 4 atom stereocenters. The van der Waals surface area contributed by atoms with Gasteiger partial charge in [0.25, 0.3) is 0 Å². The first kappa shape index (κ1) is 28.1. The number of alkyl carbamates (subject to hydrolysis) is 1. The van der Waals surface area contributed by atoms with Crippen molar-refractivity contribution in [2.24, 2.45) is 41.4 Å². The standard InChI is InChI=1S/C30H44N2O7/c1-4-38-27(35)16-32-25(33)11-19(12-26(32)34)10-24(23-6-17(2)5-18(3)28(23)36)39-29(37)31-30-13-20-7-21(14-30)9-22(8-20)15-30/h17-24H,4-16H2,1-3H3,(H,31,37)/t17-,18-,20?,21?,22?,23-,24+,30?/m0/s1. The highest BCUT2D eigenvalue weighted by Crippen LogP contribution is 2.55. The van der Waals surface area contributed by atoms with Gasteiger partial charge in [-0.3, -0.25) is 24.1 Å². The molecular formula is C30H44N2O7. The lowest BCUT2D eigenvalue weighted by Crippen LogP contribution is -2.60. The van der Waals surface area contributed by atoms with Crippen molar-refractivity contribution in [1.29, 1.82) is 0 Å². The van der Waals surface area contributed by atoms with Crippen LogP contribution in [-0.2, 0) is 28.7 Å². The van der Waals surface area contributed by atoms with Crippen LogP contribution in [0.5, 0.6) is 0 Å². The summed E-state index contributed by atoms with van der Waals surface area (Å²) >= 11 is 0. The number of imide groups is 1. The van der Waals surface area contributed by atoms with Gasteiger partial charge in [0.2, 0.25) is 11.8 Å². The summed E-state index contributed by atoms with van der Waals surface area (Å²) < 4.78 is 11.0. The van der Waals surface area contributed by atoms with E-state index in [0.29, 0.717) is 30.1 Å². The minimum atomic E-state index is -0.696. The number of rotatable bonds is 8. The van der Waals surface area contributed by atoms with Crippen LogP contribution in [0.15, 0.2) is 0 Å². The third-order valence-electron chi connectivity index (χ3n) is 10.1. The molecule has 0 radical (unpaired) electrons. The number of hydrogen-bond acceptors (Lipinski definition) is 7. The molecular weight excluding hydrogens is 500 g/mol. The van der Waals surface area contributed by atoms with Crippen molar-refractivity contribution in [3.05, 3.63) is 0 Å². The zero-order valence-corrected chi connectivity index (χ0v) is 23.6. The Morgan fingerprint density at radius 3 is 2.10 bits per heavy atom. The zero-order valence-electron chi connectivity index (χ0n) is 23.6. The van der Waals surface area contributed by atoms with Crippen molar-refractivity contribution >= 4 is 29.7 Å². The van der Waals surface area contributed by atoms with Crippen LogP contribution in [0, 0.1) is 41.4 Å². The van der Waals surface area contributed by atoms with Crippen molar-refractivity contribution < 1.29 is 33.4 Å². The highest BCUT2D eigenvalue weighted by molar-refractivity contribution is 6.00. The summed E-state index contributed by atoms with van der Waals surface area (Å²) in [5.41, 5.74) is -0.210. The molecule has 0 aromatic heterocycles. The summed E-state index contributed by atoms with van der Waals surface area (Å²) in [5.74, 6) is 0.0159. The Morgan fingerprint density at radius 1 is 0.949 bits per heavy atom. The summed E-state index contributed by atoms with van der Waals surface area (Å²) in [6, 6.07) is 0. The Morgan fingerprint density at radius 2 is 1.54 bits per heavy atom. The summed E-state index contributed by atoms with van der Waals surface area (Å²) in [6.07, 6.45) is 7.46. The zero-order chi connectivity index (χ0) is 27.9. The van der Waals surface area contributed by atoms with Gasteiger partial charge in [0.15, 0.2) is 0 Å². The van der Waals surface area contributed by atoms with Gasteiger partial charge in [-0.2, -0.15) is 0 Å². The van der Waals surface area contributed by atoms with E-state index in [9.17, 15) is 24.0 Å². The molecule has 5 saturated carbocycles. The van der Waals surface area contributed by atoms with E-state index >= 15 is 0 Å². The molecule has 6 fully saturated rings. The SMILES string of the molecule is CCOC(=O)CN1C(=O)CC(C[C@@H](OC(=O)NC23CC4CC(CC(C4)C2)C3)[C@@H]2C[C@@H](C)C[C@H](C)C2=O)CC1=O. The average Bonchev–Trinajstić information content (AvgIpc) is 2.82. The molecule has 1 N–H and O–H groups in total. The van der Waals surface area contributed by atoms with E-state index in [1.54, 1.807) is 6.92 Å². The molecule has 6 aliphatic rings. The number of nitrogens with one attached hydrogen (secondary N) is 1. The van der Waals surface area contributed by atoms with Gasteiger partial charge < -0.3 is 14.8 Å². The minimum absolute atomic E-state index is 0.0631. The Balaban J connectivity index is 1.27. The van der Waals surface area contributed by atoms with Crippen LogP contribution in [-0.4, -0.2) is 59.4 Å². The quantitative estimate of drug-likeness (QED) is 0.362. The molecule has 1 saturated heterocycles. The summed E-state index contributed by atoms with van der Waals surface area (Å²) in [6.45, 7) is 5.50. The third-order valence-corrected chi connectivity index (χ3v) is 10.1. The van der Waals surface area contributed by atoms with Crippen molar-refractivity contribution in [2.45, 2.75) is 103 Å². The van der Waals surface area contributed by atoms with Crippen LogP contribution in [0.2, 0.25) is 0 Å². The topological polar surface area (TPSA) is 119 Å². The summed E-state index contributed by atoms with van der Waals surface area (Å²) in [7, 11) is 0. The highest BCUT2D eigenvalue weighted by atomic mass is 16.6. The molecule has 5 aliphatic carbocycles. The lowest BCUT2D eigenvalue weighted by atomic mass is 9.53. The maximum Gasteiger partial charge on any atom is 0.407 e. The van der Waals surface area contributed by atoms with Crippen molar-refractivity contribution in [1.82, 2.24) is 10.2 Å². The average molecular weight is 545 g/mol. The molecule has 216 valence electrons. The fourth-order valence-corrected chi connectivity index (χ4v) is 8.94. The molecule has 4 bridgehead atoms. The molecule has 0 unspecified atom stereocenters. The van der Waals surface area contributed by atoms with Crippen molar-refractivity contribution in [3.8, 4) is 0 Å². The van der Waals surface area contributed by atoms with Crippen LogP contribution in [0.3, 0.4) is 0 Å². The smallest absolute Gasteiger partial charge is 0.407 e. The second-order valence-electron chi connectivity index (χ2n) is 13.4. The molecule has 1 heterocycles. The van der Waals surface area contributed by atoms with Crippen LogP contribution in [0.1, 0.15) is 91.4 Å². The van der Waals surface area contributed by atoms with E-state index < -0.39 is 35.9 Å². The molecule has 6 rings (SSSR count). The molecule has 0 aromatic carbocycles. The second kappa shape index (κ2) is 11.2. The molecule has 1 aliphatic heterocycles. The molecule has 9 heteroatoms. The first-order valence-electron chi connectivity index (χ1n) is 15.1. The molecule has 0 aromatic rings. The number of carbonyl (C=O) groups excluding carboxylic acids is 5. The third kappa shape index (κ3) is 6.17. The van der Waals surface area contributed by atoms with Gasteiger partial charge in [-0.15, -0.1) is 0 Å². The number of nitrogens with zero attached hydrogens (tertiary/aromatic N) is 1. The summed E-state index contributed by atoms with van der Waals surface area (Å²) in [5, 5.41) is 3.26. The van der Waals surface area contributed by atoms with Gasteiger partial charge in [0.05, 0.1) is 12.5 Å². The van der Waals surface area contributed by atoms with E-state index in [-0.39, 0.29) is 55.6 Å². The lowest BCUT2D eigenvalue weighted by Gasteiger charge is -2.56. The normalized spacial score (nSPS) is 37.1. The van der Waals surface area contributed by atoms with Crippen LogP contribution >= 0.6 is 0 Å². The van der Waals surface area contributed by atoms with Gasteiger partial charge >= 0.3 is 12.1 Å². The molecule has 0 spiro atoms.